The van der Waals surface area contributed by atoms with Gasteiger partial charge >= 0.3 is 0 Å². The zero-order valence-electron chi connectivity index (χ0n) is 16.8. The van der Waals surface area contributed by atoms with Crippen LogP contribution in [-0.4, -0.2) is 44.8 Å². The second-order valence-electron chi connectivity index (χ2n) is 7.86. The lowest BCUT2D eigenvalue weighted by atomic mass is 9.91. The number of sulfonamides is 1. The van der Waals surface area contributed by atoms with Crippen LogP contribution in [0.15, 0.2) is 17.0 Å². The van der Waals surface area contributed by atoms with Crippen LogP contribution in [0.3, 0.4) is 0 Å². The van der Waals surface area contributed by atoms with Crippen LogP contribution in [-0.2, 0) is 14.8 Å². The molecule has 1 spiro atoms. The smallest absolute Gasteiger partial charge is 0.243 e. The van der Waals surface area contributed by atoms with E-state index in [0.717, 1.165) is 43.5 Å². The Labute approximate surface area is 162 Å². The molecule has 1 saturated carbocycles. The molecule has 3 rings (SSSR count). The fourth-order valence-corrected chi connectivity index (χ4v) is 5.80. The highest BCUT2D eigenvalue weighted by Gasteiger charge is 2.57. The Morgan fingerprint density at radius 2 is 1.85 bits per heavy atom. The van der Waals surface area contributed by atoms with Crippen molar-refractivity contribution >= 4 is 21.6 Å². The molecule has 1 amide bonds. The number of aryl methyl sites for hydroxylation is 1. The Morgan fingerprint density at radius 1 is 1.22 bits per heavy atom. The van der Waals surface area contributed by atoms with Gasteiger partial charge in [0.15, 0.2) is 0 Å². The molecule has 1 aromatic rings. The second-order valence-corrected chi connectivity index (χ2v) is 9.80. The van der Waals surface area contributed by atoms with Gasteiger partial charge in [-0.05, 0) is 74.9 Å². The van der Waals surface area contributed by atoms with E-state index in [1.165, 1.54) is 4.31 Å². The summed E-state index contributed by atoms with van der Waals surface area (Å²) in [6.07, 6.45) is 3.02. The van der Waals surface area contributed by atoms with Crippen molar-refractivity contribution in [1.29, 1.82) is 0 Å². The van der Waals surface area contributed by atoms with Crippen LogP contribution in [0.2, 0.25) is 0 Å². The third kappa shape index (κ3) is 3.77. The minimum Gasteiger partial charge on any atom is -0.326 e. The summed E-state index contributed by atoms with van der Waals surface area (Å²) in [5.74, 6) is 0.0686. The molecule has 0 bridgehead atoms. The highest BCUT2D eigenvalue weighted by Crippen LogP contribution is 2.58. The van der Waals surface area contributed by atoms with E-state index in [0.29, 0.717) is 18.8 Å². The number of benzene rings is 1. The summed E-state index contributed by atoms with van der Waals surface area (Å²) in [7, 11) is -3.56. The van der Waals surface area contributed by atoms with E-state index in [1.807, 2.05) is 27.7 Å². The Kier molecular flexibility index (Phi) is 5.66. The van der Waals surface area contributed by atoms with Gasteiger partial charge in [-0.25, -0.2) is 8.42 Å². The van der Waals surface area contributed by atoms with E-state index < -0.39 is 10.0 Å². The van der Waals surface area contributed by atoms with Crippen molar-refractivity contribution in [2.75, 3.05) is 31.5 Å². The Balaban J connectivity index is 1.84. The minimum atomic E-state index is -3.56. The van der Waals surface area contributed by atoms with Gasteiger partial charge < -0.3 is 10.6 Å². The molecule has 150 valence electrons. The van der Waals surface area contributed by atoms with Crippen LogP contribution in [0.25, 0.3) is 0 Å². The average Bonchev–Trinajstić information content (AvgIpc) is 3.33. The molecular formula is C20H31N3O3S. The molecule has 6 nitrogen and oxygen atoms in total. The molecule has 2 fully saturated rings. The van der Waals surface area contributed by atoms with E-state index in [4.69, 9.17) is 0 Å². The predicted molar refractivity (Wildman–Crippen MR) is 107 cm³/mol. The predicted octanol–water partition coefficient (Wildman–Crippen LogP) is 2.66. The molecule has 1 unspecified atom stereocenters. The number of rotatable bonds is 6. The Bertz CT molecular complexity index is 825. The first-order valence-corrected chi connectivity index (χ1v) is 11.3. The Morgan fingerprint density at radius 3 is 2.44 bits per heavy atom. The maximum Gasteiger partial charge on any atom is 0.243 e. The third-order valence-electron chi connectivity index (χ3n) is 6.35. The van der Waals surface area contributed by atoms with Crippen LogP contribution in [0.5, 0.6) is 0 Å². The van der Waals surface area contributed by atoms with Crippen LogP contribution in [0.1, 0.15) is 44.2 Å². The molecular weight excluding hydrogens is 362 g/mol. The number of hydrogen-bond donors (Lipinski definition) is 2. The molecule has 2 aliphatic rings. The number of amides is 1. The van der Waals surface area contributed by atoms with E-state index in [1.54, 1.807) is 12.1 Å². The maximum absolute atomic E-state index is 12.9. The average molecular weight is 394 g/mol. The molecule has 1 heterocycles. The molecule has 1 aliphatic carbocycles. The van der Waals surface area contributed by atoms with E-state index in [-0.39, 0.29) is 22.1 Å². The lowest BCUT2D eigenvalue weighted by Gasteiger charge is -2.23. The van der Waals surface area contributed by atoms with Crippen molar-refractivity contribution in [1.82, 2.24) is 9.62 Å². The van der Waals surface area contributed by atoms with Crippen molar-refractivity contribution in [3.8, 4) is 0 Å². The van der Waals surface area contributed by atoms with Gasteiger partial charge in [0, 0.05) is 24.7 Å². The van der Waals surface area contributed by atoms with Gasteiger partial charge in [-0.3, -0.25) is 4.79 Å². The summed E-state index contributed by atoms with van der Waals surface area (Å²) in [5, 5.41) is 6.38. The fourth-order valence-electron chi connectivity index (χ4n) is 4.23. The summed E-state index contributed by atoms with van der Waals surface area (Å²) in [6, 6.07) is 3.31. The third-order valence-corrected chi connectivity index (χ3v) is 8.38. The lowest BCUT2D eigenvalue weighted by Crippen LogP contribution is -2.32. The normalized spacial score (nSPS) is 21.4. The number of hydrogen-bond acceptors (Lipinski definition) is 4. The SMILES string of the molecule is CCN(CC)S(=O)(=O)c1cc(C)c(C)c(NC(=O)C2CC23CCNCC3)c1. The fraction of sp³-hybridized carbons (Fsp3) is 0.650. The highest BCUT2D eigenvalue weighted by molar-refractivity contribution is 7.89. The first-order chi connectivity index (χ1) is 12.7. The van der Waals surface area contributed by atoms with Crippen molar-refractivity contribution in [3.63, 3.8) is 0 Å². The van der Waals surface area contributed by atoms with Gasteiger partial charge in [-0.15, -0.1) is 0 Å². The zero-order chi connectivity index (χ0) is 19.8. The van der Waals surface area contributed by atoms with Gasteiger partial charge in [0.1, 0.15) is 0 Å². The van der Waals surface area contributed by atoms with E-state index in [9.17, 15) is 13.2 Å². The van der Waals surface area contributed by atoms with Gasteiger partial charge in [-0.1, -0.05) is 13.8 Å². The topological polar surface area (TPSA) is 78.5 Å². The van der Waals surface area contributed by atoms with E-state index in [2.05, 4.69) is 10.6 Å². The number of carbonyl (C=O) groups excluding carboxylic acids is 1. The Hall–Kier alpha value is -1.44. The molecule has 1 aliphatic heterocycles. The van der Waals surface area contributed by atoms with Crippen LogP contribution >= 0.6 is 0 Å². The van der Waals surface area contributed by atoms with Crippen molar-refractivity contribution in [2.45, 2.75) is 51.9 Å². The standard InChI is InChI=1S/C20H31N3O3S/c1-5-23(6-2)27(25,26)16-11-14(3)15(4)18(12-16)22-19(24)17-13-20(17)7-9-21-10-8-20/h11-12,17,21H,5-10,13H2,1-4H3,(H,22,24). The first kappa shape index (κ1) is 20.3. The van der Waals surface area contributed by atoms with Crippen molar-refractivity contribution < 1.29 is 13.2 Å². The van der Waals surface area contributed by atoms with Crippen LogP contribution in [0.4, 0.5) is 5.69 Å². The van der Waals surface area contributed by atoms with Crippen molar-refractivity contribution in [3.05, 3.63) is 23.3 Å². The monoisotopic (exact) mass is 393 g/mol. The molecule has 27 heavy (non-hydrogen) atoms. The highest BCUT2D eigenvalue weighted by atomic mass is 32.2. The van der Waals surface area contributed by atoms with Gasteiger partial charge in [0.2, 0.25) is 15.9 Å². The number of nitrogens with zero attached hydrogens (tertiary/aromatic N) is 1. The number of piperidine rings is 1. The summed E-state index contributed by atoms with van der Waals surface area (Å²) in [4.78, 5) is 13.1. The summed E-state index contributed by atoms with van der Waals surface area (Å²) in [5.41, 5.74) is 2.55. The second kappa shape index (κ2) is 7.53. The number of anilines is 1. The molecule has 1 saturated heterocycles. The maximum atomic E-state index is 12.9. The summed E-state index contributed by atoms with van der Waals surface area (Å²) >= 11 is 0. The molecule has 7 heteroatoms. The largest absolute Gasteiger partial charge is 0.326 e. The zero-order valence-corrected chi connectivity index (χ0v) is 17.6. The van der Waals surface area contributed by atoms with Crippen molar-refractivity contribution in [2.24, 2.45) is 11.3 Å². The van der Waals surface area contributed by atoms with Gasteiger partial charge in [-0.2, -0.15) is 4.31 Å². The molecule has 2 N–H and O–H groups in total. The lowest BCUT2D eigenvalue weighted by molar-refractivity contribution is -0.118. The molecule has 0 radical (unpaired) electrons. The van der Waals surface area contributed by atoms with Crippen LogP contribution in [0, 0.1) is 25.2 Å². The minimum absolute atomic E-state index is 0.0248. The quantitative estimate of drug-likeness (QED) is 0.779. The first-order valence-electron chi connectivity index (χ1n) is 9.88. The molecule has 1 aromatic carbocycles. The molecule has 1 atom stereocenters. The summed E-state index contributed by atoms with van der Waals surface area (Å²) in [6.45, 7) is 10.3. The number of carbonyl (C=O) groups is 1. The molecule has 0 aromatic heterocycles. The van der Waals surface area contributed by atoms with Crippen LogP contribution < -0.4 is 10.6 Å². The number of nitrogens with one attached hydrogen (secondary N) is 2. The van der Waals surface area contributed by atoms with E-state index >= 15 is 0 Å². The van der Waals surface area contributed by atoms with Gasteiger partial charge in [0.05, 0.1) is 4.90 Å². The van der Waals surface area contributed by atoms with Gasteiger partial charge in [0.25, 0.3) is 0 Å². The summed E-state index contributed by atoms with van der Waals surface area (Å²) < 4.78 is 27.2.